The number of halogens is 1. The first-order valence-corrected chi connectivity index (χ1v) is 11.7. The fraction of sp³-hybridized carbons (Fsp3) is 0.292. The van der Waals surface area contributed by atoms with Gasteiger partial charge < -0.3 is 10.1 Å². The van der Waals surface area contributed by atoms with Crippen LogP contribution in [-0.4, -0.2) is 30.5 Å². The molecule has 1 heterocycles. The molecule has 1 aromatic heterocycles. The Kier molecular flexibility index (Phi) is 7.07. The van der Waals surface area contributed by atoms with E-state index in [9.17, 15) is 9.59 Å². The molecule has 2 N–H and O–H groups in total. The van der Waals surface area contributed by atoms with E-state index in [-0.39, 0.29) is 17.7 Å². The summed E-state index contributed by atoms with van der Waals surface area (Å²) in [6.07, 6.45) is 3.30. The molecule has 1 aliphatic rings. The number of methoxy groups -OCH3 is 1. The van der Waals surface area contributed by atoms with Gasteiger partial charge in [0.1, 0.15) is 5.75 Å². The summed E-state index contributed by atoms with van der Waals surface area (Å²) < 4.78 is 5.13. The number of anilines is 1. The topological polar surface area (TPSA) is 80.3 Å². The van der Waals surface area contributed by atoms with E-state index in [4.69, 9.17) is 16.3 Å². The van der Waals surface area contributed by atoms with Crippen molar-refractivity contribution in [1.82, 2.24) is 10.3 Å². The largest absolute Gasteiger partial charge is 0.497 e. The molecular formula is C24H24ClN3O3S. The molecule has 32 heavy (non-hydrogen) atoms. The first-order valence-electron chi connectivity index (χ1n) is 10.5. The zero-order valence-corrected chi connectivity index (χ0v) is 19.3. The van der Waals surface area contributed by atoms with Crippen molar-refractivity contribution in [1.29, 1.82) is 0 Å². The third kappa shape index (κ3) is 5.29. The summed E-state index contributed by atoms with van der Waals surface area (Å²) in [4.78, 5) is 31.1. The highest BCUT2D eigenvalue weighted by molar-refractivity contribution is 7.16. The van der Waals surface area contributed by atoms with Crippen molar-refractivity contribution in [3.8, 4) is 5.75 Å². The van der Waals surface area contributed by atoms with Crippen molar-refractivity contribution in [2.45, 2.75) is 31.6 Å². The molecule has 3 aromatic rings. The molecule has 0 aliphatic heterocycles. The number of carbonyl (C=O) groups is 2. The van der Waals surface area contributed by atoms with Gasteiger partial charge in [-0.05, 0) is 67.6 Å². The van der Waals surface area contributed by atoms with Crippen LogP contribution in [0.15, 0.2) is 48.5 Å². The second kappa shape index (κ2) is 10.1. The number of carbonyl (C=O) groups excluding carboxylic acids is 2. The van der Waals surface area contributed by atoms with E-state index in [0.29, 0.717) is 28.0 Å². The summed E-state index contributed by atoms with van der Waals surface area (Å²) in [5.41, 5.74) is 2.43. The Balaban J connectivity index is 1.38. The minimum atomic E-state index is -0.285. The number of fused-ring (bicyclic) bond motifs is 1. The standard InChI is InChI=1S/C24H24ClN3O3S/c1-31-18-11-7-16(8-12-18)22(29)28-24-27-21-19(3-2-4-20(21)32-24)23(30)26-14-13-15-5-9-17(25)10-6-15/h5-12,19H,2-4,13-14H2,1H3,(H,26,30)(H,27,28,29). The second-order valence-corrected chi connectivity index (χ2v) is 9.14. The van der Waals surface area contributed by atoms with Gasteiger partial charge >= 0.3 is 0 Å². The van der Waals surface area contributed by atoms with Crippen molar-refractivity contribution >= 4 is 39.9 Å². The number of amides is 2. The summed E-state index contributed by atoms with van der Waals surface area (Å²) in [5.74, 6) is 0.156. The number of benzene rings is 2. The minimum absolute atomic E-state index is 0.0155. The lowest BCUT2D eigenvalue weighted by Crippen LogP contribution is -2.32. The van der Waals surface area contributed by atoms with E-state index in [1.54, 1.807) is 31.4 Å². The molecular weight excluding hydrogens is 446 g/mol. The zero-order chi connectivity index (χ0) is 22.5. The first-order chi connectivity index (χ1) is 15.5. The molecule has 0 radical (unpaired) electrons. The van der Waals surface area contributed by atoms with Crippen LogP contribution < -0.4 is 15.4 Å². The smallest absolute Gasteiger partial charge is 0.257 e. The monoisotopic (exact) mass is 469 g/mol. The quantitative estimate of drug-likeness (QED) is 0.519. The number of nitrogens with one attached hydrogen (secondary N) is 2. The van der Waals surface area contributed by atoms with Gasteiger partial charge in [0.25, 0.3) is 5.91 Å². The molecule has 0 saturated heterocycles. The van der Waals surface area contributed by atoms with Crippen LogP contribution >= 0.6 is 22.9 Å². The van der Waals surface area contributed by atoms with Crippen LogP contribution in [0.1, 0.15) is 45.3 Å². The van der Waals surface area contributed by atoms with Gasteiger partial charge in [-0.25, -0.2) is 4.98 Å². The SMILES string of the molecule is COc1ccc(C(=O)Nc2nc3c(s2)CCCC3C(=O)NCCc2ccc(Cl)cc2)cc1. The molecule has 6 nitrogen and oxygen atoms in total. The maximum absolute atomic E-state index is 12.9. The van der Waals surface area contributed by atoms with Gasteiger partial charge in [0.05, 0.1) is 18.7 Å². The molecule has 0 fully saturated rings. The first kappa shape index (κ1) is 22.3. The number of rotatable bonds is 7. The van der Waals surface area contributed by atoms with Gasteiger partial charge in [-0.1, -0.05) is 23.7 Å². The Morgan fingerprint density at radius 3 is 2.62 bits per heavy atom. The van der Waals surface area contributed by atoms with Crippen molar-refractivity contribution in [2.24, 2.45) is 0 Å². The summed E-state index contributed by atoms with van der Waals surface area (Å²) in [7, 11) is 1.58. The molecule has 1 atom stereocenters. The number of aromatic nitrogens is 1. The van der Waals surface area contributed by atoms with E-state index in [1.165, 1.54) is 11.3 Å². The highest BCUT2D eigenvalue weighted by Crippen LogP contribution is 2.37. The molecule has 4 rings (SSSR count). The Labute approximate surface area is 196 Å². The molecule has 0 spiro atoms. The minimum Gasteiger partial charge on any atom is -0.497 e. The zero-order valence-electron chi connectivity index (χ0n) is 17.7. The molecule has 2 amide bonds. The molecule has 1 aliphatic carbocycles. The number of thiazole rings is 1. The summed E-state index contributed by atoms with van der Waals surface area (Å²) in [6, 6.07) is 14.5. The lowest BCUT2D eigenvalue weighted by Gasteiger charge is -2.20. The van der Waals surface area contributed by atoms with Gasteiger partial charge in [0.2, 0.25) is 5.91 Å². The van der Waals surface area contributed by atoms with Crippen molar-refractivity contribution in [3.63, 3.8) is 0 Å². The van der Waals surface area contributed by atoms with Crippen LogP contribution in [0.4, 0.5) is 5.13 Å². The fourth-order valence-corrected chi connectivity index (χ4v) is 4.93. The van der Waals surface area contributed by atoms with Gasteiger partial charge in [0.15, 0.2) is 5.13 Å². The summed E-state index contributed by atoms with van der Waals surface area (Å²) >= 11 is 7.37. The third-order valence-electron chi connectivity index (χ3n) is 5.47. The molecule has 2 aromatic carbocycles. The maximum atomic E-state index is 12.9. The van der Waals surface area contributed by atoms with Crippen LogP contribution in [0.2, 0.25) is 5.02 Å². The maximum Gasteiger partial charge on any atom is 0.257 e. The van der Waals surface area contributed by atoms with E-state index in [2.05, 4.69) is 15.6 Å². The number of nitrogens with zero attached hydrogens (tertiary/aromatic N) is 1. The van der Waals surface area contributed by atoms with Crippen LogP contribution in [0.5, 0.6) is 5.75 Å². The summed E-state index contributed by atoms with van der Waals surface area (Å²) in [6.45, 7) is 0.553. The molecule has 1 unspecified atom stereocenters. The Hall–Kier alpha value is -2.90. The highest BCUT2D eigenvalue weighted by atomic mass is 35.5. The lowest BCUT2D eigenvalue weighted by molar-refractivity contribution is -0.122. The van der Waals surface area contributed by atoms with Crippen LogP contribution in [-0.2, 0) is 17.6 Å². The Morgan fingerprint density at radius 2 is 1.91 bits per heavy atom. The highest BCUT2D eigenvalue weighted by Gasteiger charge is 2.30. The van der Waals surface area contributed by atoms with E-state index in [1.807, 2.05) is 24.3 Å². The molecule has 0 bridgehead atoms. The van der Waals surface area contributed by atoms with Gasteiger partial charge in [-0.2, -0.15) is 0 Å². The van der Waals surface area contributed by atoms with Gasteiger partial charge in [0, 0.05) is 22.0 Å². The average molecular weight is 470 g/mol. The van der Waals surface area contributed by atoms with E-state index in [0.717, 1.165) is 41.8 Å². The normalized spacial score (nSPS) is 15.0. The molecule has 8 heteroatoms. The molecule has 0 saturated carbocycles. The summed E-state index contributed by atoms with van der Waals surface area (Å²) in [5, 5.41) is 7.13. The van der Waals surface area contributed by atoms with Gasteiger partial charge in [-0.15, -0.1) is 11.3 Å². The van der Waals surface area contributed by atoms with Crippen LogP contribution in [0.3, 0.4) is 0 Å². The van der Waals surface area contributed by atoms with E-state index >= 15 is 0 Å². The number of ether oxygens (including phenoxy) is 1. The Bertz CT molecular complexity index is 1100. The lowest BCUT2D eigenvalue weighted by atomic mass is 9.90. The second-order valence-electron chi connectivity index (χ2n) is 7.62. The van der Waals surface area contributed by atoms with Gasteiger partial charge in [-0.3, -0.25) is 14.9 Å². The molecule has 166 valence electrons. The number of aryl methyl sites for hydroxylation is 1. The predicted octanol–water partition coefficient (Wildman–Crippen LogP) is 4.84. The Morgan fingerprint density at radius 1 is 1.16 bits per heavy atom. The van der Waals surface area contributed by atoms with Crippen molar-refractivity contribution in [2.75, 3.05) is 19.0 Å². The van der Waals surface area contributed by atoms with E-state index < -0.39 is 0 Å². The predicted molar refractivity (Wildman–Crippen MR) is 127 cm³/mol. The van der Waals surface area contributed by atoms with Crippen LogP contribution in [0, 0.1) is 0 Å². The fourth-order valence-electron chi connectivity index (χ4n) is 3.74. The van der Waals surface area contributed by atoms with Crippen LogP contribution in [0.25, 0.3) is 0 Å². The average Bonchev–Trinajstić information content (AvgIpc) is 3.22. The number of hydrogen-bond acceptors (Lipinski definition) is 5. The van der Waals surface area contributed by atoms with Crippen molar-refractivity contribution < 1.29 is 14.3 Å². The van der Waals surface area contributed by atoms with Crippen molar-refractivity contribution in [3.05, 3.63) is 75.3 Å². The third-order valence-corrected chi connectivity index (χ3v) is 6.77. The number of hydrogen-bond donors (Lipinski definition) is 2.